The molecule has 1 aliphatic heterocycles. The van der Waals surface area contributed by atoms with Crippen LogP contribution >= 0.6 is 11.3 Å². The van der Waals surface area contributed by atoms with Crippen LogP contribution in [0.3, 0.4) is 0 Å². The summed E-state index contributed by atoms with van der Waals surface area (Å²) in [5, 5.41) is 0.608. The van der Waals surface area contributed by atoms with Crippen molar-refractivity contribution in [3.63, 3.8) is 0 Å². The average molecular weight is 262 g/mol. The summed E-state index contributed by atoms with van der Waals surface area (Å²) < 4.78 is 11.1. The molecule has 2 aromatic rings. The molecule has 0 saturated carbocycles. The van der Waals surface area contributed by atoms with Crippen molar-refractivity contribution in [3.05, 3.63) is 23.1 Å². The summed E-state index contributed by atoms with van der Waals surface area (Å²) in [7, 11) is 0. The summed E-state index contributed by atoms with van der Waals surface area (Å²) in [6.45, 7) is 3.31. The minimum absolute atomic E-state index is 0.594. The van der Waals surface area contributed by atoms with E-state index in [9.17, 15) is 0 Å². The van der Waals surface area contributed by atoms with E-state index in [-0.39, 0.29) is 0 Å². The van der Waals surface area contributed by atoms with Crippen LogP contribution in [-0.4, -0.2) is 18.2 Å². The van der Waals surface area contributed by atoms with Crippen molar-refractivity contribution in [1.29, 1.82) is 0 Å². The fourth-order valence-electron chi connectivity index (χ4n) is 2.03. The van der Waals surface area contributed by atoms with Crippen molar-refractivity contribution in [1.82, 2.24) is 4.98 Å². The molecule has 0 saturated heterocycles. The van der Waals surface area contributed by atoms with E-state index in [1.807, 2.05) is 18.2 Å². The van der Waals surface area contributed by atoms with Crippen molar-refractivity contribution in [3.8, 4) is 22.8 Å². The normalized spacial score (nSPS) is 13.6. The molecule has 1 aliphatic rings. The zero-order chi connectivity index (χ0) is 12.5. The Morgan fingerprint density at radius 2 is 2.06 bits per heavy atom. The monoisotopic (exact) mass is 262 g/mol. The number of anilines is 1. The molecule has 0 spiro atoms. The van der Waals surface area contributed by atoms with E-state index in [1.54, 1.807) is 11.3 Å². The van der Waals surface area contributed by atoms with Gasteiger partial charge in [0.25, 0.3) is 0 Å². The molecule has 1 aromatic heterocycles. The van der Waals surface area contributed by atoms with E-state index in [1.165, 1.54) is 4.88 Å². The van der Waals surface area contributed by atoms with Crippen LogP contribution in [0.25, 0.3) is 11.3 Å². The van der Waals surface area contributed by atoms with Gasteiger partial charge in [-0.3, -0.25) is 0 Å². The van der Waals surface area contributed by atoms with E-state index < -0.39 is 0 Å². The highest BCUT2D eigenvalue weighted by atomic mass is 32.1. The smallest absolute Gasteiger partial charge is 0.180 e. The van der Waals surface area contributed by atoms with Crippen LogP contribution in [0.4, 0.5) is 5.13 Å². The van der Waals surface area contributed by atoms with E-state index in [0.717, 1.165) is 29.2 Å². The van der Waals surface area contributed by atoms with Gasteiger partial charge in [0.05, 0.1) is 5.69 Å². The molecule has 0 bridgehead atoms. The highest BCUT2D eigenvalue weighted by Gasteiger charge is 2.15. The third-order valence-corrected chi connectivity index (χ3v) is 3.88. The quantitative estimate of drug-likeness (QED) is 0.904. The van der Waals surface area contributed by atoms with Gasteiger partial charge in [-0.1, -0.05) is 6.92 Å². The van der Waals surface area contributed by atoms with Crippen LogP contribution in [-0.2, 0) is 6.42 Å². The zero-order valence-electron chi connectivity index (χ0n) is 10.1. The second kappa shape index (κ2) is 4.49. The minimum Gasteiger partial charge on any atom is -0.486 e. The third kappa shape index (κ3) is 1.90. The first-order valence-corrected chi connectivity index (χ1v) is 6.74. The van der Waals surface area contributed by atoms with Crippen molar-refractivity contribution in [2.24, 2.45) is 0 Å². The molecule has 0 aliphatic carbocycles. The van der Waals surface area contributed by atoms with Gasteiger partial charge in [-0.15, -0.1) is 11.3 Å². The van der Waals surface area contributed by atoms with Crippen LogP contribution in [0.15, 0.2) is 18.2 Å². The number of benzene rings is 1. The van der Waals surface area contributed by atoms with E-state index >= 15 is 0 Å². The fourth-order valence-corrected chi connectivity index (χ4v) is 2.82. The van der Waals surface area contributed by atoms with Crippen LogP contribution in [0.5, 0.6) is 11.5 Å². The Labute approximate surface area is 109 Å². The number of hydrogen-bond donors (Lipinski definition) is 1. The topological polar surface area (TPSA) is 57.4 Å². The first-order valence-electron chi connectivity index (χ1n) is 5.93. The van der Waals surface area contributed by atoms with Gasteiger partial charge in [-0.05, 0) is 24.6 Å². The largest absolute Gasteiger partial charge is 0.486 e. The Morgan fingerprint density at radius 3 is 2.83 bits per heavy atom. The highest BCUT2D eigenvalue weighted by Crippen LogP contribution is 2.37. The molecule has 5 heteroatoms. The van der Waals surface area contributed by atoms with Gasteiger partial charge in [-0.25, -0.2) is 4.98 Å². The number of nitrogens with zero attached hydrogens (tertiary/aromatic N) is 1. The fraction of sp³-hybridized carbons (Fsp3) is 0.308. The summed E-state index contributed by atoms with van der Waals surface area (Å²) >= 11 is 1.54. The molecule has 0 unspecified atom stereocenters. The van der Waals surface area contributed by atoms with Crippen molar-refractivity contribution in [2.45, 2.75) is 13.3 Å². The highest BCUT2D eigenvalue weighted by molar-refractivity contribution is 7.15. The van der Waals surface area contributed by atoms with Gasteiger partial charge in [0.15, 0.2) is 16.6 Å². The summed E-state index contributed by atoms with van der Waals surface area (Å²) in [6, 6.07) is 5.90. The van der Waals surface area contributed by atoms with Crippen molar-refractivity contribution in [2.75, 3.05) is 18.9 Å². The molecule has 3 rings (SSSR count). The number of nitrogen functional groups attached to an aromatic ring is 1. The minimum atomic E-state index is 0.594. The number of aryl methyl sites for hydroxylation is 1. The summed E-state index contributed by atoms with van der Waals surface area (Å²) in [4.78, 5) is 5.60. The van der Waals surface area contributed by atoms with E-state index in [4.69, 9.17) is 15.2 Å². The summed E-state index contributed by atoms with van der Waals surface area (Å²) in [5.41, 5.74) is 7.77. The third-order valence-electron chi connectivity index (χ3n) is 2.85. The van der Waals surface area contributed by atoms with Crippen LogP contribution < -0.4 is 15.2 Å². The van der Waals surface area contributed by atoms with Crippen molar-refractivity contribution >= 4 is 16.5 Å². The lowest BCUT2D eigenvalue weighted by Gasteiger charge is -2.18. The lowest BCUT2D eigenvalue weighted by molar-refractivity contribution is 0.171. The number of fused-ring (bicyclic) bond motifs is 1. The molecule has 4 nitrogen and oxygen atoms in total. The standard InChI is InChI=1S/C13H14N2O2S/c1-2-11-12(15-13(14)18-11)8-3-4-9-10(7-8)17-6-5-16-9/h3-4,7H,2,5-6H2,1H3,(H2,14,15). The zero-order valence-corrected chi connectivity index (χ0v) is 10.9. The Balaban J connectivity index is 2.06. The van der Waals surface area contributed by atoms with Gasteiger partial charge in [0.1, 0.15) is 13.2 Å². The van der Waals surface area contributed by atoms with Crippen LogP contribution in [0, 0.1) is 0 Å². The molecule has 0 radical (unpaired) electrons. The molecule has 94 valence electrons. The van der Waals surface area contributed by atoms with Gasteiger partial charge in [-0.2, -0.15) is 0 Å². The first-order chi connectivity index (χ1) is 8.78. The second-order valence-corrected chi connectivity index (χ2v) is 5.15. The number of nitrogens with two attached hydrogens (primary N) is 1. The Bertz CT molecular complexity index is 580. The summed E-state index contributed by atoms with van der Waals surface area (Å²) in [6.07, 6.45) is 0.929. The SMILES string of the molecule is CCc1sc(N)nc1-c1ccc2c(c1)OCCO2. The van der Waals surface area contributed by atoms with Gasteiger partial charge in [0.2, 0.25) is 0 Å². The molecule has 0 atom stereocenters. The predicted octanol–water partition coefficient (Wildman–Crippen LogP) is 2.73. The number of aromatic nitrogens is 1. The van der Waals surface area contributed by atoms with Gasteiger partial charge in [0, 0.05) is 10.4 Å². The number of ether oxygens (including phenoxy) is 2. The lowest BCUT2D eigenvalue weighted by atomic mass is 10.1. The molecular weight excluding hydrogens is 248 g/mol. The summed E-state index contributed by atoms with van der Waals surface area (Å²) in [5.74, 6) is 1.58. The number of rotatable bonds is 2. The first kappa shape index (κ1) is 11.3. The van der Waals surface area contributed by atoms with Crippen LogP contribution in [0.1, 0.15) is 11.8 Å². The Kier molecular flexibility index (Phi) is 2.83. The molecule has 0 amide bonds. The Morgan fingerprint density at radius 1 is 1.28 bits per heavy atom. The molecule has 18 heavy (non-hydrogen) atoms. The maximum Gasteiger partial charge on any atom is 0.180 e. The molecule has 0 fully saturated rings. The lowest BCUT2D eigenvalue weighted by Crippen LogP contribution is -2.15. The van der Waals surface area contributed by atoms with E-state index in [0.29, 0.717) is 18.3 Å². The Hall–Kier alpha value is -1.75. The van der Waals surface area contributed by atoms with Gasteiger partial charge >= 0.3 is 0 Å². The molecule has 2 heterocycles. The average Bonchev–Trinajstić information content (AvgIpc) is 2.79. The van der Waals surface area contributed by atoms with E-state index in [2.05, 4.69) is 11.9 Å². The number of hydrogen-bond acceptors (Lipinski definition) is 5. The van der Waals surface area contributed by atoms with Crippen molar-refractivity contribution < 1.29 is 9.47 Å². The molecule has 2 N–H and O–H groups in total. The molecular formula is C13H14N2O2S. The van der Waals surface area contributed by atoms with Gasteiger partial charge < -0.3 is 15.2 Å². The van der Waals surface area contributed by atoms with Crippen LogP contribution in [0.2, 0.25) is 0 Å². The number of thiazole rings is 1. The maximum absolute atomic E-state index is 5.78. The molecule has 1 aromatic carbocycles. The maximum atomic E-state index is 5.78. The predicted molar refractivity (Wildman–Crippen MR) is 72.3 cm³/mol. The second-order valence-electron chi connectivity index (χ2n) is 4.04.